The molecule has 1 saturated heterocycles. The first kappa shape index (κ1) is 4.59. The molecule has 0 aromatic rings. The van der Waals surface area contributed by atoms with Crippen LogP contribution in [0.15, 0.2) is 12.3 Å². The van der Waals surface area contributed by atoms with E-state index in [1.165, 1.54) is 0 Å². The molecule has 0 aromatic carbocycles. The van der Waals surface area contributed by atoms with Gasteiger partial charge in [0.05, 0.1) is 6.54 Å². The predicted octanol–water partition coefficient (Wildman–Crippen LogP) is -0.0222. The van der Waals surface area contributed by atoms with Crippen LogP contribution in [-0.4, -0.2) is 11.7 Å². The topological polar surface area (TPSA) is 24.1 Å². The van der Waals surface area contributed by atoms with E-state index in [1.54, 1.807) is 0 Å². The summed E-state index contributed by atoms with van der Waals surface area (Å²) in [5.74, 6) is 0. The molecule has 1 aliphatic rings. The van der Waals surface area contributed by atoms with Crippen molar-refractivity contribution in [3.63, 3.8) is 0 Å². The Hall–Kier alpha value is -0.570. The molecule has 0 bridgehead atoms. The number of hydrogen-bond acceptors (Lipinski definition) is 1. The minimum atomic E-state index is 0.685. The fourth-order valence-corrected chi connectivity index (χ4v) is 0.652. The van der Waals surface area contributed by atoms with Crippen molar-refractivity contribution < 1.29 is 0 Å². The van der Waals surface area contributed by atoms with Gasteiger partial charge in [-0.2, -0.15) is 0 Å². The molecule has 0 unspecified atom stereocenters. The Kier molecular flexibility index (Phi) is 0.982. The highest BCUT2D eigenvalue weighted by molar-refractivity contribution is 7.80. The van der Waals surface area contributed by atoms with Crippen LogP contribution in [0.2, 0.25) is 0 Å². The fourth-order valence-electron chi connectivity index (χ4n) is 0.436. The molecular weight excluding hydrogens is 108 g/mol. The highest BCUT2D eigenvalue weighted by atomic mass is 32.1. The zero-order valence-corrected chi connectivity index (χ0v) is 4.64. The minimum absolute atomic E-state index is 0.685. The Morgan fingerprint density at radius 1 is 1.71 bits per heavy atom. The number of nitrogens with one attached hydrogen (secondary N) is 2. The summed E-state index contributed by atoms with van der Waals surface area (Å²) in [5.41, 5.74) is 0.949. The van der Waals surface area contributed by atoms with Crippen LogP contribution in [0, 0.1) is 0 Å². The van der Waals surface area contributed by atoms with Crippen LogP contribution in [0.5, 0.6) is 0 Å². The van der Waals surface area contributed by atoms with Gasteiger partial charge in [-0.3, -0.25) is 0 Å². The first-order valence-corrected chi connectivity index (χ1v) is 2.42. The number of thiocarbonyl (C=S) groups is 1. The molecule has 0 atom stereocenters. The molecule has 1 heterocycles. The Morgan fingerprint density at radius 2 is 2.43 bits per heavy atom. The summed E-state index contributed by atoms with van der Waals surface area (Å²) in [7, 11) is 0. The zero-order chi connectivity index (χ0) is 5.28. The summed E-state index contributed by atoms with van der Waals surface area (Å²) in [4.78, 5) is 0. The average molecular weight is 114 g/mol. The monoisotopic (exact) mass is 114 g/mol. The van der Waals surface area contributed by atoms with Gasteiger partial charge in [0.2, 0.25) is 0 Å². The van der Waals surface area contributed by atoms with E-state index < -0.39 is 0 Å². The molecule has 38 valence electrons. The molecule has 2 nitrogen and oxygen atoms in total. The number of hydrogen-bond donors (Lipinski definition) is 2. The van der Waals surface area contributed by atoms with Crippen molar-refractivity contribution in [3.8, 4) is 0 Å². The summed E-state index contributed by atoms with van der Waals surface area (Å²) >= 11 is 4.71. The summed E-state index contributed by atoms with van der Waals surface area (Å²) in [6.45, 7) is 4.42. The average Bonchev–Trinajstić information content (AvgIpc) is 1.87. The lowest BCUT2D eigenvalue weighted by Gasteiger charge is -1.86. The highest BCUT2D eigenvalue weighted by Crippen LogP contribution is 1.87. The van der Waals surface area contributed by atoms with E-state index in [0.29, 0.717) is 5.11 Å². The smallest absolute Gasteiger partial charge is 0.170 e. The third-order valence-corrected chi connectivity index (χ3v) is 0.999. The largest absolute Gasteiger partial charge is 0.357 e. The second kappa shape index (κ2) is 1.50. The van der Waals surface area contributed by atoms with Gasteiger partial charge in [-0.1, -0.05) is 6.58 Å². The first-order chi connectivity index (χ1) is 3.29. The van der Waals surface area contributed by atoms with Gasteiger partial charge in [0.1, 0.15) is 0 Å². The van der Waals surface area contributed by atoms with Crippen LogP contribution in [-0.2, 0) is 0 Å². The van der Waals surface area contributed by atoms with E-state index >= 15 is 0 Å². The maximum Gasteiger partial charge on any atom is 0.170 e. The zero-order valence-electron chi connectivity index (χ0n) is 3.82. The lowest BCUT2D eigenvalue weighted by molar-refractivity contribution is 1.07. The summed E-state index contributed by atoms with van der Waals surface area (Å²) in [6.07, 6.45) is 0. The van der Waals surface area contributed by atoms with Crippen LogP contribution in [0.25, 0.3) is 0 Å². The second-order valence-electron chi connectivity index (χ2n) is 1.41. The van der Waals surface area contributed by atoms with Crippen molar-refractivity contribution >= 4 is 17.3 Å². The first-order valence-electron chi connectivity index (χ1n) is 2.01. The van der Waals surface area contributed by atoms with E-state index in [1.807, 2.05) is 0 Å². The van der Waals surface area contributed by atoms with E-state index in [-0.39, 0.29) is 0 Å². The highest BCUT2D eigenvalue weighted by Gasteiger charge is 2.04. The molecule has 0 saturated carbocycles. The van der Waals surface area contributed by atoms with Crippen molar-refractivity contribution in [1.82, 2.24) is 10.6 Å². The van der Waals surface area contributed by atoms with Gasteiger partial charge < -0.3 is 10.6 Å². The molecule has 1 rings (SSSR count). The Morgan fingerprint density at radius 3 is 2.57 bits per heavy atom. The van der Waals surface area contributed by atoms with E-state index in [2.05, 4.69) is 17.2 Å². The quantitative estimate of drug-likeness (QED) is 0.433. The molecule has 0 aromatic heterocycles. The standard InChI is InChI=1S/C4H6N2S/c1-3-2-5-4(7)6-3/h1-2H2,(H2,5,6,7). The van der Waals surface area contributed by atoms with Crippen molar-refractivity contribution in [1.29, 1.82) is 0 Å². The van der Waals surface area contributed by atoms with Crippen LogP contribution in [0.4, 0.5) is 0 Å². The summed E-state index contributed by atoms with van der Waals surface area (Å²) < 4.78 is 0. The number of rotatable bonds is 0. The van der Waals surface area contributed by atoms with E-state index in [0.717, 1.165) is 12.2 Å². The Labute approximate surface area is 47.6 Å². The van der Waals surface area contributed by atoms with Gasteiger partial charge in [-0.05, 0) is 12.2 Å². The minimum Gasteiger partial charge on any atom is -0.357 e. The van der Waals surface area contributed by atoms with Crippen molar-refractivity contribution in [3.05, 3.63) is 12.3 Å². The third kappa shape index (κ3) is 0.899. The summed E-state index contributed by atoms with van der Waals surface area (Å²) in [6, 6.07) is 0. The molecule has 0 aliphatic carbocycles. The maximum atomic E-state index is 4.71. The van der Waals surface area contributed by atoms with Crippen molar-refractivity contribution in [2.24, 2.45) is 0 Å². The third-order valence-electron chi connectivity index (χ3n) is 0.753. The van der Waals surface area contributed by atoms with Gasteiger partial charge in [-0.15, -0.1) is 0 Å². The molecule has 0 spiro atoms. The molecule has 2 N–H and O–H groups in total. The Balaban J connectivity index is 2.55. The van der Waals surface area contributed by atoms with Crippen LogP contribution < -0.4 is 10.6 Å². The van der Waals surface area contributed by atoms with Crippen LogP contribution in [0.3, 0.4) is 0 Å². The molecule has 0 radical (unpaired) electrons. The lowest BCUT2D eigenvalue weighted by Crippen LogP contribution is -2.19. The van der Waals surface area contributed by atoms with Crippen LogP contribution >= 0.6 is 12.2 Å². The van der Waals surface area contributed by atoms with Crippen molar-refractivity contribution in [2.45, 2.75) is 0 Å². The van der Waals surface area contributed by atoms with Gasteiger partial charge >= 0.3 is 0 Å². The van der Waals surface area contributed by atoms with Gasteiger partial charge in [-0.25, -0.2) is 0 Å². The lowest BCUT2D eigenvalue weighted by atomic mass is 10.5. The second-order valence-corrected chi connectivity index (χ2v) is 1.82. The molecule has 7 heavy (non-hydrogen) atoms. The SMILES string of the molecule is C=C1CNC(=S)N1. The molecule has 1 aliphatic heterocycles. The maximum absolute atomic E-state index is 4.71. The Bertz CT molecular complexity index is 105. The van der Waals surface area contributed by atoms with E-state index in [4.69, 9.17) is 12.2 Å². The van der Waals surface area contributed by atoms with Gasteiger partial charge in [0, 0.05) is 5.70 Å². The van der Waals surface area contributed by atoms with Gasteiger partial charge in [0.25, 0.3) is 0 Å². The fraction of sp³-hybridized carbons (Fsp3) is 0.250. The molecular formula is C4H6N2S. The molecule has 0 amide bonds. The van der Waals surface area contributed by atoms with E-state index in [9.17, 15) is 0 Å². The van der Waals surface area contributed by atoms with Gasteiger partial charge in [0.15, 0.2) is 5.11 Å². The van der Waals surface area contributed by atoms with Crippen molar-refractivity contribution in [2.75, 3.05) is 6.54 Å². The normalized spacial score (nSPS) is 18.9. The predicted molar refractivity (Wildman–Crippen MR) is 32.9 cm³/mol. The molecule has 3 heteroatoms. The molecule has 1 fully saturated rings. The van der Waals surface area contributed by atoms with Crippen LogP contribution in [0.1, 0.15) is 0 Å². The summed E-state index contributed by atoms with van der Waals surface area (Å²) in [5, 5.41) is 6.42.